The Kier molecular flexibility index (Phi) is 6.52. The lowest BCUT2D eigenvalue weighted by Gasteiger charge is -2.34. The maximum absolute atomic E-state index is 12.7. The summed E-state index contributed by atoms with van der Waals surface area (Å²) in [5.74, 6) is 0.0188. The van der Waals surface area contributed by atoms with Gasteiger partial charge >= 0.3 is 0 Å². The second-order valence-corrected chi connectivity index (χ2v) is 9.61. The van der Waals surface area contributed by atoms with Gasteiger partial charge < -0.3 is 11.1 Å². The van der Waals surface area contributed by atoms with E-state index in [1.807, 2.05) is 24.0 Å². The number of nitrogens with zero attached hydrogens (tertiary/aromatic N) is 2. The van der Waals surface area contributed by atoms with E-state index < -0.39 is 10.0 Å². The number of rotatable bonds is 5. The molecule has 3 rings (SSSR count). The monoisotopic (exact) mass is 394 g/mol. The van der Waals surface area contributed by atoms with Gasteiger partial charge in [-0.3, -0.25) is 9.69 Å². The van der Waals surface area contributed by atoms with Crippen molar-refractivity contribution >= 4 is 15.9 Å². The Morgan fingerprint density at radius 2 is 1.67 bits per heavy atom. The van der Waals surface area contributed by atoms with E-state index in [0.29, 0.717) is 37.6 Å². The quantitative estimate of drug-likeness (QED) is 0.766. The maximum Gasteiger partial charge on any atom is 0.243 e. The molecular weight excluding hydrogens is 364 g/mol. The van der Waals surface area contributed by atoms with Gasteiger partial charge in [0.05, 0.1) is 11.4 Å². The summed E-state index contributed by atoms with van der Waals surface area (Å²) in [5, 5.41) is 3.09. The molecule has 2 aliphatic rings. The van der Waals surface area contributed by atoms with E-state index in [-0.39, 0.29) is 18.0 Å². The summed E-state index contributed by atoms with van der Waals surface area (Å²) in [6.07, 6.45) is 3.80. The molecule has 1 aromatic rings. The molecule has 0 spiro atoms. The van der Waals surface area contributed by atoms with Gasteiger partial charge in [-0.1, -0.05) is 17.7 Å². The molecule has 7 nitrogen and oxygen atoms in total. The smallest absolute Gasteiger partial charge is 0.243 e. The first-order valence-electron chi connectivity index (χ1n) is 9.69. The number of amides is 1. The van der Waals surface area contributed by atoms with Crippen molar-refractivity contribution in [3.05, 3.63) is 29.8 Å². The van der Waals surface area contributed by atoms with Crippen molar-refractivity contribution < 1.29 is 13.2 Å². The number of sulfonamides is 1. The Hall–Kier alpha value is -1.48. The molecule has 0 atom stereocenters. The molecule has 3 N–H and O–H groups in total. The Morgan fingerprint density at radius 3 is 2.26 bits per heavy atom. The molecule has 150 valence electrons. The fourth-order valence-electron chi connectivity index (χ4n) is 3.73. The zero-order valence-corrected chi connectivity index (χ0v) is 16.7. The van der Waals surface area contributed by atoms with Gasteiger partial charge in [0, 0.05) is 38.3 Å². The highest BCUT2D eigenvalue weighted by Gasteiger charge is 2.29. The van der Waals surface area contributed by atoms with Gasteiger partial charge in [0.25, 0.3) is 0 Å². The zero-order chi connectivity index (χ0) is 19.4. The molecular formula is C19H30N4O3S. The number of benzene rings is 1. The third-order valence-corrected chi connectivity index (χ3v) is 7.41. The molecule has 2 fully saturated rings. The molecule has 1 aromatic carbocycles. The topological polar surface area (TPSA) is 95.7 Å². The Bertz CT molecular complexity index is 735. The molecule has 1 heterocycles. The molecule has 0 unspecified atom stereocenters. The first-order valence-corrected chi connectivity index (χ1v) is 11.1. The van der Waals surface area contributed by atoms with E-state index in [1.54, 1.807) is 12.1 Å². The molecule has 0 radical (unpaired) electrons. The lowest BCUT2D eigenvalue weighted by atomic mass is 9.92. The largest absolute Gasteiger partial charge is 0.352 e. The summed E-state index contributed by atoms with van der Waals surface area (Å²) in [6.45, 7) is 4.19. The normalized spacial score (nSPS) is 25.3. The first kappa shape index (κ1) is 20.3. The minimum atomic E-state index is -3.46. The molecule has 0 bridgehead atoms. The molecule has 1 saturated heterocycles. The minimum Gasteiger partial charge on any atom is -0.352 e. The van der Waals surface area contributed by atoms with Gasteiger partial charge in [-0.05, 0) is 44.7 Å². The van der Waals surface area contributed by atoms with Gasteiger partial charge in [0.2, 0.25) is 15.9 Å². The lowest BCUT2D eigenvalue weighted by molar-refractivity contribution is -0.123. The lowest BCUT2D eigenvalue weighted by Crippen LogP contribution is -2.52. The summed E-state index contributed by atoms with van der Waals surface area (Å²) in [5.41, 5.74) is 6.93. The van der Waals surface area contributed by atoms with Crippen molar-refractivity contribution in [1.82, 2.24) is 14.5 Å². The number of hydrogen-bond donors (Lipinski definition) is 2. The predicted molar refractivity (Wildman–Crippen MR) is 105 cm³/mol. The van der Waals surface area contributed by atoms with Crippen molar-refractivity contribution in [1.29, 1.82) is 0 Å². The number of nitrogens with two attached hydrogens (primary N) is 1. The summed E-state index contributed by atoms with van der Waals surface area (Å²) < 4.78 is 27.0. The van der Waals surface area contributed by atoms with Crippen molar-refractivity contribution in [2.45, 2.75) is 49.6 Å². The van der Waals surface area contributed by atoms with Crippen LogP contribution in [0.1, 0.15) is 31.2 Å². The molecule has 1 aliphatic carbocycles. The van der Waals surface area contributed by atoms with Crippen molar-refractivity contribution in [2.75, 3.05) is 32.7 Å². The number of piperazine rings is 1. The van der Waals surface area contributed by atoms with Gasteiger partial charge in [-0.15, -0.1) is 0 Å². The van der Waals surface area contributed by atoms with Crippen LogP contribution in [0.15, 0.2) is 29.2 Å². The second kappa shape index (κ2) is 8.68. The highest BCUT2D eigenvalue weighted by atomic mass is 32.2. The Balaban J connectivity index is 1.47. The molecule has 1 amide bonds. The summed E-state index contributed by atoms with van der Waals surface area (Å²) in [4.78, 5) is 14.6. The number of aryl methyl sites for hydroxylation is 1. The molecule has 27 heavy (non-hydrogen) atoms. The van der Waals surface area contributed by atoms with E-state index in [0.717, 1.165) is 31.2 Å². The highest BCUT2D eigenvalue weighted by molar-refractivity contribution is 7.89. The SMILES string of the molecule is Cc1ccc(S(=O)(=O)N2CCN(CC(=O)NC3CCC(N)CC3)CC2)cc1. The van der Waals surface area contributed by atoms with E-state index in [2.05, 4.69) is 5.32 Å². The van der Waals surface area contributed by atoms with Crippen molar-refractivity contribution in [3.63, 3.8) is 0 Å². The van der Waals surface area contributed by atoms with Crippen LogP contribution < -0.4 is 11.1 Å². The second-order valence-electron chi connectivity index (χ2n) is 7.67. The average Bonchev–Trinajstić information content (AvgIpc) is 2.64. The van der Waals surface area contributed by atoms with Crippen molar-refractivity contribution in [2.24, 2.45) is 5.73 Å². The summed E-state index contributed by atoms with van der Waals surface area (Å²) in [6, 6.07) is 7.42. The van der Waals surface area contributed by atoms with Crippen molar-refractivity contribution in [3.8, 4) is 0 Å². The molecule has 0 aromatic heterocycles. The standard InChI is InChI=1S/C19H30N4O3S/c1-15-2-8-18(9-3-15)27(25,26)23-12-10-22(11-13-23)14-19(24)21-17-6-4-16(20)5-7-17/h2-3,8-9,16-17H,4-7,10-14,20H2,1H3,(H,21,24). The fourth-order valence-corrected chi connectivity index (χ4v) is 5.15. The van der Waals surface area contributed by atoms with Crippen LogP contribution in [0.5, 0.6) is 0 Å². The van der Waals surface area contributed by atoms with E-state index in [4.69, 9.17) is 5.73 Å². The third kappa shape index (κ3) is 5.28. The van der Waals surface area contributed by atoms with Crippen LogP contribution in [-0.4, -0.2) is 68.3 Å². The Labute approximate surface area is 161 Å². The first-order chi connectivity index (χ1) is 12.8. The minimum absolute atomic E-state index is 0.0188. The van der Waals surface area contributed by atoms with Crippen LogP contribution in [0.25, 0.3) is 0 Å². The number of carbonyl (C=O) groups excluding carboxylic acids is 1. The van der Waals surface area contributed by atoms with Gasteiger partial charge in [0.1, 0.15) is 0 Å². The molecule has 1 saturated carbocycles. The predicted octanol–water partition coefficient (Wildman–Crippen LogP) is 0.687. The maximum atomic E-state index is 12.7. The fraction of sp³-hybridized carbons (Fsp3) is 0.632. The average molecular weight is 395 g/mol. The number of hydrogen-bond acceptors (Lipinski definition) is 5. The van der Waals surface area contributed by atoms with Crippen LogP contribution in [0.3, 0.4) is 0 Å². The molecule has 8 heteroatoms. The zero-order valence-electron chi connectivity index (χ0n) is 15.9. The number of carbonyl (C=O) groups is 1. The van der Waals surface area contributed by atoms with Crippen LogP contribution >= 0.6 is 0 Å². The van der Waals surface area contributed by atoms with E-state index in [9.17, 15) is 13.2 Å². The molecule has 1 aliphatic heterocycles. The number of nitrogens with one attached hydrogen (secondary N) is 1. The van der Waals surface area contributed by atoms with Gasteiger partial charge in [-0.25, -0.2) is 8.42 Å². The summed E-state index contributed by atoms with van der Waals surface area (Å²) >= 11 is 0. The van der Waals surface area contributed by atoms with Crippen LogP contribution in [0.2, 0.25) is 0 Å². The third-order valence-electron chi connectivity index (χ3n) is 5.49. The van der Waals surface area contributed by atoms with Gasteiger partial charge in [0.15, 0.2) is 0 Å². The van der Waals surface area contributed by atoms with E-state index >= 15 is 0 Å². The van der Waals surface area contributed by atoms with Crippen LogP contribution in [0, 0.1) is 6.92 Å². The highest BCUT2D eigenvalue weighted by Crippen LogP contribution is 2.19. The Morgan fingerprint density at radius 1 is 1.07 bits per heavy atom. The van der Waals surface area contributed by atoms with E-state index in [1.165, 1.54) is 4.31 Å². The van der Waals surface area contributed by atoms with Crippen LogP contribution in [0.4, 0.5) is 0 Å². The van der Waals surface area contributed by atoms with Crippen LogP contribution in [-0.2, 0) is 14.8 Å². The van der Waals surface area contributed by atoms with Gasteiger partial charge in [-0.2, -0.15) is 4.31 Å². The summed E-state index contributed by atoms with van der Waals surface area (Å²) in [7, 11) is -3.46.